The molecule has 0 aromatic heterocycles. The summed E-state index contributed by atoms with van der Waals surface area (Å²) in [4.78, 5) is 10.4. The second-order valence-electron chi connectivity index (χ2n) is 3.73. The number of benzene rings is 2. The van der Waals surface area contributed by atoms with Crippen LogP contribution >= 0.6 is 23.2 Å². The first kappa shape index (κ1) is 12.2. The first-order valence-corrected chi connectivity index (χ1v) is 5.93. The van der Waals surface area contributed by atoms with Gasteiger partial charge >= 0.3 is 0 Å². The van der Waals surface area contributed by atoms with Gasteiger partial charge in [-0.25, -0.2) is 0 Å². The lowest BCUT2D eigenvalue weighted by atomic mass is 10.0. The van der Waals surface area contributed by atoms with Crippen molar-refractivity contribution >= 4 is 29.5 Å². The summed E-state index contributed by atoms with van der Waals surface area (Å²) in [7, 11) is 0. The van der Waals surface area contributed by atoms with Crippen molar-refractivity contribution in [1.82, 2.24) is 0 Å². The first-order valence-electron chi connectivity index (χ1n) is 5.18. The number of aldehydes is 1. The molecular weight excluding hydrogens is 255 g/mol. The van der Waals surface area contributed by atoms with Crippen molar-refractivity contribution in [2.45, 2.75) is 6.42 Å². The van der Waals surface area contributed by atoms with E-state index >= 15 is 0 Å². The lowest BCUT2D eigenvalue weighted by Gasteiger charge is -2.04. The summed E-state index contributed by atoms with van der Waals surface area (Å²) in [5.41, 5.74) is 3.00. The van der Waals surface area contributed by atoms with E-state index in [2.05, 4.69) is 0 Å². The van der Waals surface area contributed by atoms with Crippen molar-refractivity contribution in [3.63, 3.8) is 0 Å². The second-order valence-corrected chi connectivity index (χ2v) is 4.60. The summed E-state index contributed by atoms with van der Waals surface area (Å²) in [6.45, 7) is 0. The lowest BCUT2D eigenvalue weighted by molar-refractivity contribution is -0.107. The molecular formula is C14H10Cl2O. The van der Waals surface area contributed by atoms with E-state index in [1.165, 1.54) is 0 Å². The third kappa shape index (κ3) is 3.09. The minimum atomic E-state index is 0.441. The van der Waals surface area contributed by atoms with Crippen LogP contribution in [0.3, 0.4) is 0 Å². The fourth-order valence-electron chi connectivity index (χ4n) is 1.65. The van der Waals surface area contributed by atoms with Crippen LogP contribution in [0.15, 0.2) is 42.5 Å². The predicted octanol–water partition coefficient (Wildman–Crippen LogP) is 4.40. The van der Waals surface area contributed by atoms with E-state index in [0.29, 0.717) is 16.5 Å². The molecule has 0 atom stereocenters. The van der Waals surface area contributed by atoms with Gasteiger partial charge in [0.1, 0.15) is 6.29 Å². The topological polar surface area (TPSA) is 17.1 Å². The summed E-state index contributed by atoms with van der Waals surface area (Å²) in [5.74, 6) is 0. The summed E-state index contributed by atoms with van der Waals surface area (Å²) in [5, 5.41) is 1.23. The van der Waals surface area contributed by atoms with Gasteiger partial charge in [-0.2, -0.15) is 0 Å². The fraction of sp³-hybridized carbons (Fsp3) is 0.0714. The van der Waals surface area contributed by atoms with Crippen molar-refractivity contribution in [1.29, 1.82) is 0 Å². The molecule has 0 saturated heterocycles. The van der Waals surface area contributed by atoms with Gasteiger partial charge in [0.25, 0.3) is 0 Å². The normalized spacial score (nSPS) is 10.2. The Morgan fingerprint density at radius 1 is 0.882 bits per heavy atom. The maximum Gasteiger partial charge on any atom is 0.124 e. The van der Waals surface area contributed by atoms with Gasteiger partial charge in [-0.3, -0.25) is 0 Å². The Morgan fingerprint density at radius 2 is 1.47 bits per heavy atom. The maximum atomic E-state index is 10.4. The molecule has 3 heteroatoms. The van der Waals surface area contributed by atoms with Crippen molar-refractivity contribution in [2.75, 3.05) is 0 Å². The van der Waals surface area contributed by atoms with Crippen LogP contribution in [0.5, 0.6) is 0 Å². The van der Waals surface area contributed by atoms with Crippen LogP contribution in [0, 0.1) is 0 Å². The van der Waals surface area contributed by atoms with Gasteiger partial charge in [-0.1, -0.05) is 47.5 Å². The van der Waals surface area contributed by atoms with Gasteiger partial charge in [0, 0.05) is 16.5 Å². The molecule has 0 N–H and O–H groups in total. The van der Waals surface area contributed by atoms with Crippen LogP contribution in [0.2, 0.25) is 10.0 Å². The molecule has 17 heavy (non-hydrogen) atoms. The predicted molar refractivity (Wildman–Crippen MR) is 71.7 cm³/mol. The number of carbonyl (C=O) groups excluding carboxylic acids is 1. The quantitative estimate of drug-likeness (QED) is 0.751. The van der Waals surface area contributed by atoms with Gasteiger partial charge in [-0.15, -0.1) is 0 Å². The summed E-state index contributed by atoms with van der Waals surface area (Å²) < 4.78 is 0. The SMILES string of the molecule is O=CCc1ccc(-c2cc(Cl)cc(Cl)c2)cc1. The molecule has 0 aliphatic rings. The molecule has 2 aromatic carbocycles. The van der Waals surface area contributed by atoms with Crippen LogP contribution in [0.1, 0.15) is 5.56 Å². The second kappa shape index (κ2) is 5.35. The standard InChI is InChI=1S/C14H10Cl2O/c15-13-7-12(8-14(16)9-13)11-3-1-10(2-4-11)5-6-17/h1-4,6-9H,5H2. The number of hydrogen-bond donors (Lipinski definition) is 0. The van der Waals surface area contributed by atoms with E-state index in [9.17, 15) is 4.79 Å². The lowest BCUT2D eigenvalue weighted by Crippen LogP contribution is -1.85. The third-order valence-electron chi connectivity index (χ3n) is 2.47. The molecule has 0 saturated carbocycles. The Bertz CT molecular complexity index is 512. The highest BCUT2D eigenvalue weighted by Gasteiger charge is 2.01. The Kier molecular flexibility index (Phi) is 3.82. The maximum absolute atomic E-state index is 10.4. The molecule has 1 nitrogen and oxygen atoms in total. The molecule has 2 aromatic rings. The molecule has 0 radical (unpaired) electrons. The van der Waals surface area contributed by atoms with Gasteiger partial charge < -0.3 is 4.79 Å². The van der Waals surface area contributed by atoms with E-state index in [1.54, 1.807) is 6.07 Å². The average Bonchev–Trinajstić information content (AvgIpc) is 2.29. The Hall–Kier alpha value is -1.31. The average molecular weight is 265 g/mol. The van der Waals surface area contributed by atoms with Gasteiger partial charge in [-0.05, 0) is 34.9 Å². The highest BCUT2D eigenvalue weighted by Crippen LogP contribution is 2.27. The summed E-state index contributed by atoms with van der Waals surface area (Å²) in [6.07, 6.45) is 1.34. The molecule has 0 amide bonds. The van der Waals surface area contributed by atoms with E-state index in [1.807, 2.05) is 36.4 Å². The number of rotatable bonds is 3. The highest BCUT2D eigenvalue weighted by atomic mass is 35.5. The highest BCUT2D eigenvalue weighted by molar-refractivity contribution is 6.35. The number of carbonyl (C=O) groups is 1. The fourth-order valence-corrected chi connectivity index (χ4v) is 2.18. The molecule has 0 aliphatic carbocycles. The first-order chi connectivity index (χ1) is 8.19. The van der Waals surface area contributed by atoms with Crippen LogP contribution in [-0.4, -0.2) is 6.29 Å². The molecule has 0 unspecified atom stereocenters. The van der Waals surface area contributed by atoms with Crippen molar-refractivity contribution in [2.24, 2.45) is 0 Å². The minimum Gasteiger partial charge on any atom is -0.303 e. The van der Waals surface area contributed by atoms with Gasteiger partial charge in [0.15, 0.2) is 0 Å². The smallest absolute Gasteiger partial charge is 0.124 e. The molecule has 0 spiro atoms. The molecule has 0 heterocycles. The number of hydrogen-bond acceptors (Lipinski definition) is 1. The summed E-state index contributed by atoms with van der Waals surface area (Å²) >= 11 is 11.9. The zero-order valence-corrected chi connectivity index (χ0v) is 10.5. The van der Waals surface area contributed by atoms with E-state index in [4.69, 9.17) is 23.2 Å². The van der Waals surface area contributed by atoms with Crippen molar-refractivity contribution in [3.8, 4) is 11.1 Å². The molecule has 86 valence electrons. The Balaban J connectivity index is 2.35. The zero-order chi connectivity index (χ0) is 12.3. The largest absolute Gasteiger partial charge is 0.303 e. The van der Waals surface area contributed by atoms with E-state index in [0.717, 1.165) is 23.0 Å². The molecule has 0 fully saturated rings. The molecule has 0 bridgehead atoms. The zero-order valence-electron chi connectivity index (χ0n) is 8.99. The van der Waals surface area contributed by atoms with Crippen molar-refractivity contribution < 1.29 is 4.79 Å². The van der Waals surface area contributed by atoms with E-state index < -0.39 is 0 Å². The Labute approximate surface area is 110 Å². The van der Waals surface area contributed by atoms with Crippen LogP contribution in [-0.2, 0) is 11.2 Å². The van der Waals surface area contributed by atoms with Crippen LogP contribution in [0.4, 0.5) is 0 Å². The molecule has 0 aliphatic heterocycles. The Morgan fingerprint density at radius 3 is 2.00 bits per heavy atom. The molecule has 2 rings (SSSR count). The summed E-state index contributed by atoms with van der Waals surface area (Å²) in [6, 6.07) is 13.2. The van der Waals surface area contributed by atoms with E-state index in [-0.39, 0.29) is 0 Å². The van der Waals surface area contributed by atoms with Gasteiger partial charge in [0.05, 0.1) is 0 Å². The minimum absolute atomic E-state index is 0.441. The van der Waals surface area contributed by atoms with Gasteiger partial charge in [0.2, 0.25) is 0 Å². The number of halogens is 2. The van der Waals surface area contributed by atoms with Crippen LogP contribution < -0.4 is 0 Å². The third-order valence-corrected chi connectivity index (χ3v) is 2.91. The van der Waals surface area contributed by atoms with Crippen LogP contribution in [0.25, 0.3) is 11.1 Å². The monoisotopic (exact) mass is 264 g/mol. The van der Waals surface area contributed by atoms with Crippen molar-refractivity contribution in [3.05, 3.63) is 58.1 Å².